The summed E-state index contributed by atoms with van der Waals surface area (Å²) >= 11 is 0. The molecule has 1 heterocycles. The van der Waals surface area contributed by atoms with Crippen molar-refractivity contribution in [2.45, 2.75) is 12.8 Å². The van der Waals surface area contributed by atoms with Gasteiger partial charge in [-0.15, -0.1) is 0 Å². The molecule has 2 N–H and O–H groups in total. The van der Waals surface area contributed by atoms with E-state index in [2.05, 4.69) is 10.9 Å². The van der Waals surface area contributed by atoms with Gasteiger partial charge in [-0.25, -0.2) is 0 Å². The molecule has 28 heavy (non-hydrogen) atoms. The molecule has 0 bridgehead atoms. The number of hydrogen-bond acceptors (Lipinski definition) is 6. The molecule has 0 saturated carbocycles. The van der Waals surface area contributed by atoms with Gasteiger partial charge in [-0.3, -0.25) is 20.4 Å². The van der Waals surface area contributed by atoms with E-state index in [9.17, 15) is 9.59 Å². The summed E-state index contributed by atoms with van der Waals surface area (Å²) < 4.78 is 21.4. The molecule has 0 fully saturated rings. The molecule has 2 amide bonds. The Morgan fingerprint density at radius 3 is 2.50 bits per heavy atom. The van der Waals surface area contributed by atoms with E-state index in [4.69, 9.17) is 18.9 Å². The Morgan fingerprint density at radius 2 is 1.75 bits per heavy atom. The number of nitrogens with one attached hydrogen (secondary N) is 2. The van der Waals surface area contributed by atoms with Crippen LogP contribution in [0.25, 0.3) is 0 Å². The summed E-state index contributed by atoms with van der Waals surface area (Å²) in [6.07, 6.45) is 0.608. The van der Waals surface area contributed by atoms with Crippen molar-refractivity contribution in [3.63, 3.8) is 0 Å². The quantitative estimate of drug-likeness (QED) is 0.736. The lowest BCUT2D eigenvalue weighted by Crippen LogP contribution is -2.41. The topological polar surface area (TPSA) is 95.1 Å². The lowest BCUT2D eigenvalue weighted by Gasteiger charge is -2.18. The first-order chi connectivity index (χ1) is 13.6. The second-order valence-corrected chi connectivity index (χ2v) is 6.04. The zero-order valence-corrected chi connectivity index (χ0v) is 15.7. The number of amides is 2. The molecule has 2 aromatic carbocycles. The Labute approximate surface area is 162 Å². The van der Waals surface area contributed by atoms with E-state index in [1.54, 1.807) is 44.6 Å². The molecule has 0 radical (unpaired) electrons. The fraction of sp³-hybridized carbons (Fsp3) is 0.300. The van der Waals surface area contributed by atoms with Crippen molar-refractivity contribution in [2.24, 2.45) is 0 Å². The van der Waals surface area contributed by atoms with Crippen LogP contribution in [0.15, 0.2) is 36.4 Å². The third kappa shape index (κ3) is 4.64. The summed E-state index contributed by atoms with van der Waals surface area (Å²) in [5.41, 5.74) is 6.02. The molecule has 0 unspecified atom stereocenters. The van der Waals surface area contributed by atoms with Crippen LogP contribution < -0.4 is 29.8 Å². The molecule has 2 aromatic rings. The Hall–Kier alpha value is -3.42. The molecule has 0 aromatic heterocycles. The minimum atomic E-state index is -0.440. The van der Waals surface area contributed by atoms with Crippen LogP contribution in [0.4, 0.5) is 0 Å². The summed E-state index contributed by atoms with van der Waals surface area (Å²) in [4.78, 5) is 24.3. The maximum atomic E-state index is 12.2. The summed E-state index contributed by atoms with van der Waals surface area (Å²) in [7, 11) is 3.14. The number of fused-ring (bicyclic) bond motifs is 1. The summed E-state index contributed by atoms with van der Waals surface area (Å²) in [5.74, 6) is 1.70. The van der Waals surface area contributed by atoms with Gasteiger partial charge in [0.2, 0.25) is 5.91 Å². The van der Waals surface area contributed by atoms with Crippen LogP contribution in [0.3, 0.4) is 0 Å². The third-order valence-corrected chi connectivity index (χ3v) is 4.23. The van der Waals surface area contributed by atoms with Crippen LogP contribution in [-0.2, 0) is 11.2 Å². The molecular weight excluding hydrogens is 364 g/mol. The van der Waals surface area contributed by atoms with Crippen molar-refractivity contribution in [1.82, 2.24) is 10.9 Å². The van der Waals surface area contributed by atoms with Gasteiger partial charge in [0.15, 0.2) is 11.5 Å². The maximum Gasteiger partial charge on any atom is 0.269 e. The van der Waals surface area contributed by atoms with Gasteiger partial charge < -0.3 is 18.9 Å². The lowest BCUT2D eigenvalue weighted by molar-refractivity contribution is -0.121. The molecule has 148 valence electrons. The van der Waals surface area contributed by atoms with E-state index in [-0.39, 0.29) is 12.3 Å². The number of rotatable bonds is 6. The average Bonchev–Trinajstić information content (AvgIpc) is 2.75. The van der Waals surface area contributed by atoms with E-state index in [0.29, 0.717) is 48.2 Å². The average molecular weight is 386 g/mol. The fourth-order valence-electron chi connectivity index (χ4n) is 2.77. The largest absolute Gasteiger partial charge is 0.497 e. The normalized spacial score (nSPS) is 12.1. The number of ether oxygens (including phenoxy) is 4. The second-order valence-electron chi connectivity index (χ2n) is 6.04. The van der Waals surface area contributed by atoms with Crippen LogP contribution in [0, 0.1) is 0 Å². The summed E-state index contributed by atoms with van der Waals surface area (Å²) in [6.45, 7) is 0.912. The molecule has 1 aliphatic rings. The maximum absolute atomic E-state index is 12.2. The van der Waals surface area contributed by atoms with E-state index in [1.165, 1.54) is 0 Å². The number of benzene rings is 2. The highest BCUT2D eigenvalue weighted by Crippen LogP contribution is 2.30. The van der Waals surface area contributed by atoms with Crippen LogP contribution in [-0.4, -0.2) is 39.2 Å². The van der Waals surface area contributed by atoms with Gasteiger partial charge in [0.05, 0.1) is 14.2 Å². The minimum Gasteiger partial charge on any atom is -0.497 e. The molecule has 0 spiro atoms. The van der Waals surface area contributed by atoms with Crippen molar-refractivity contribution in [2.75, 3.05) is 27.4 Å². The van der Waals surface area contributed by atoms with Crippen molar-refractivity contribution in [3.05, 3.63) is 47.5 Å². The van der Waals surface area contributed by atoms with E-state index < -0.39 is 5.91 Å². The molecule has 8 nitrogen and oxygen atoms in total. The zero-order valence-electron chi connectivity index (χ0n) is 15.7. The molecule has 0 atom stereocenters. The second kappa shape index (κ2) is 8.98. The van der Waals surface area contributed by atoms with Gasteiger partial charge >= 0.3 is 0 Å². The number of carbonyl (C=O) groups excluding carboxylic acids is 2. The van der Waals surface area contributed by atoms with Crippen molar-refractivity contribution in [1.29, 1.82) is 0 Å². The van der Waals surface area contributed by atoms with Gasteiger partial charge in [-0.1, -0.05) is 0 Å². The van der Waals surface area contributed by atoms with Gasteiger partial charge in [-0.05, 0) is 48.4 Å². The Kier molecular flexibility index (Phi) is 6.21. The van der Waals surface area contributed by atoms with Gasteiger partial charge in [0.25, 0.3) is 5.91 Å². The van der Waals surface area contributed by atoms with Gasteiger partial charge in [0.1, 0.15) is 24.7 Å². The first-order valence-electron chi connectivity index (χ1n) is 8.80. The molecule has 8 heteroatoms. The van der Waals surface area contributed by atoms with Crippen LogP contribution in [0.1, 0.15) is 22.3 Å². The molecular formula is C20H22N2O6. The van der Waals surface area contributed by atoms with Crippen molar-refractivity contribution in [3.8, 4) is 23.0 Å². The van der Waals surface area contributed by atoms with Crippen LogP contribution >= 0.6 is 0 Å². The Bertz CT molecular complexity index is 868. The lowest BCUT2D eigenvalue weighted by atomic mass is 10.1. The number of hydrazine groups is 1. The van der Waals surface area contributed by atoms with Crippen LogP contribution in [0.2, 0.25) is 0 Å². The van der Waals surface area contributed by atoms with Gasteiger partial charge in [-0.2, -0.15) is 0 Å². The van der Waals surface area contributed by atoms with Gasteiger partial charge in [0, 0.05) is 12.0 Å². The molecule has 0 aliphatic carbocycles. The van der Waals surface area contributed by atoms with Crippen molar-refractivity contribution >= 4 is 11.8 Å². The number of methoxy groups -OCH3 is 2. The zero-order chi connectivity index (χ0) is 19.9. The van der Waals surface area contributed by atoms with Crippen molar-refractivity contribution < 1.29 is 28.5 Å². The predicted molar refractivity (Wildman–Crippen MR) is 101 cm³/mol. The first-order valence-corrected chi connectivity index (χ1v) is 8.80. The standard InChI is InChI=1S/C20H22N2O6/c1-25-15-5-7-16(26-2)13(11-15)4-8-19(23)21-22-20(24)14-3-6-17-18(12-14)28-10-9-27-17/h3,5-7,11-12H,4,8-10H2,1-2H3,(H,21,23)(H,22,24). The molecule has 0 saturated heterocycles. The highest BCUT2D eigenvalue weighted by Gasteiger charge is 2.15. The number of carbonyl (C=O) groups is 2. The highest BCUT2D eigenvalue weighted by atomic mass is 16.6. The highest BCUT2D eigenvalue weighted by molar-refractivity contribution is 5.96. The van der Waals surface area contributed by atoms with E-state index >= 15 is 0 Å². The molecule has 3 rings (SSSR count). The third-order valence-electron chi connectivity index (χ3n) is 4.23. The minimum absolute atomic E-state index is 0.172. The predicted octanol–water partition coefficient (Wildman–Crippen LogP) is 1.87. The smallest absolute Gasteiger partial charge is 0.269 e. The summed E-state index contributed by atoms with van der Waals surface area (Å²) in [6, 6.07) is 10.2. The Balaban J connectivity index is 1.52. The monoisotopic (exact) mass is 386 g/mol. The van der Waals surface area contributed by atoms with E-state index in [0.717, 1.165) is 5.56 Å². The van der Waals surface area contributed by atoms with Crippen LogP contribution in [0.5, 0.6) is 23.0 Å². The number of hydrogen-bond donors (Lipinski definition) is 2. The Morgan fingerprint density at radius 1 is 0.964 bits per heavy atom. The summed E-state index contributed by atoms with van der Waals surface area (Å²) in [5, 5.41) is 0. The molecule has 1 aliphatic heterocycles. The first kappa shape index (κ1) is 19.3. The van der Waals surface area contributed by atoms with E-state index in [1.807, 2.05) is 6.07 Å². The number of aryl methyl sites for hydroxylation is 1. The fourth-order valence-corrected chi connectivity index (χ4v) is 2.77. The SMILES string of the molecule is COc1ccc(OC)c(CCC(=O)NNC(=O)c2ccc3c(c2)OCCO3)c1.